The molecule has 0 aliphatic carbocycles. The lowest BCUT2D eigenvalue weighted by Gasteiger charge is -1.99. The Balaban J connectivity index is 2.28. The van der Waals surface area contributed by atoms with E-state index in [0.29, 0.717) is 0 Å². The molecule has 0 saturated heterocycles. The summed E-state index contributed by atoms with van der Waals surface area (Å²) in [5, 5.41) is 0. The smallest absolute Gasteiger partial charge is 0.199 e. The molecule has 4 heteroatoms. The summed E-state index contributed by atoms with van der Waals surface area (Å²) in [5.74, 6) is 0. The number of benzene rings is 2. The fourth-order valence-electron chi connectivity index (χ4n) is 1.44. The molecule has 0 N–H and O–H groups in total. The van der Waals surface area contributed by atoms with E-state index in [1.807, 2.05) is 25.1 Å². The highest BCUT2D eigenvalue weighted by Crippen LogP contribution is 2.13. The summed E-state index contributed by atoms with van der Waals surface area (Å²) in [7, 11) is -3.61. The molecule has 0 heterocycles. The molecule has 0 saturated carbocycles. The molecule has 0 spiro atoms. The molecule has 92 valence electrons. The van der Waals surface area contributed by atoms with Crippen LogP contribution >= 0.6 is 0 Å². The molecule has 0 amide bonds. The summed E-state index contributed by atoms with van der Waals surface area (Å²) in [6.07, 6.45) is 1.36. The largest absolute Gasteiger partial charge is 0.282 e. The van der Waals surface area contributed by atoms with E-state index in [1.165, 1.54) is 6.21 Å². The molecule has 0 fully saturated rings. The van der Waals surface area contributed by atoms with Gasteiger partial charge in [-0.15, -0.1) is 0 Å². The summed E-state index contributed by atoms with van der Waals surface area (Å²) in [6, 6.07) is 15.8. The van der Waals surface area contributed by atoms with Gasteiger partial charge in [0.1, 0.15) is 0 Å². The zero-order chi connectivity index (χ0) is 13.0. The van der Waals surface area contributed by atoms with Crippen LogP contribution in [0, 0.1) is 6.92 Å². The minimum Gasteiger partial charge on any atom is -0.199 e. The maximum atomic E-state index is 11.9. The van der Waals surface area contributed by atoms with Crippen LogP contribution in [0.3, 0.4) is 0 Å². The fraction of sp³-hybridized carbons (Fsp3) is 0.0714. The summed E-state index contributed by atoms with van der Waals surface area (Å²) in [4.78, 5) is 0.209. The van der Waals surface area contributed by atoms with Crippen molar-refractivity contribution in [1.82, 2.24) is 0 Å². The van der Waals surface area contributed by atoms with E-state index in [-0.39, 0.29) is 4.90 Å². The second-order valence-electron chi connectivity index (χ2n) is 3.93. The SMILES string of the molecule is Cc1ccc(S(=O)(=O)/N=C/c2ccccc2)cc1. The monoisotopic (exact) mass is 259 g/mol. The van der Waals surface area contributed by atoms with Gasteiger partial charge in [0, 0.05) is 6.21 Å². The summed E-state index contributed by atoms with van der Waals surface area (Å²) in [5.41, 5.74) is 1.77. The van der Waals surface area contributed by atoms with E-state index >= 15 is 0 Å². The third-order valence-electron chi connectivity index (χ3n) is 2.46. The second kappa shape index (κ2) is 5.14. The maximum absolute atomic E-state index is 11.9. The average molecular weight is 259 g/mol. The van der Waals surface area contributed by atoms with Gasteiger partial charge >= 0.3 is 0 Å². The third kappa shape index (κ3) is 3.05. The lowest BCUT2D eigenvalue weighted by Crippen LogP contribution is -1.97. The van der Waals surface area contributed by atoms with Crippen LogP contribution in [0.15, 0.2) is 63.9 Å². The molecule has 0 atom stereocenters. The molecule has 0 bridgehead atoms. The Labute approximate surface area is 107 Å². The predicted octanol–water partition coefficient (Wildman–Crippen LogP) is 2.80. The van der Waals surface area contributed by atoms with Crippen molar-refractivity contribution >= 4 is 16.2 Å². The number of nitrogens with zero attached hydrogens (tertiary/aromatic N) is 1. The van der Waals surface area contributed by atoms with E-state index < -0.39 is 10.0 Å². The van der Waals surface area contributed by atoms with Crippen molar-refractivity contribution in [3.8, 4) is 0 Å². The van der Waals surface area contributed by atoms with Crippen LogP contribution in [0.25, 0.3) is 0 Å². The Kier molecular flexibility index (Phi) is 3.58. The Morgan fingerprint density at radius 1 is 0.944 bits per heavy atom. The topological polar surface area (TPSA) is 46.5 Å². The molecular formula is C14H13NO2S. The van der Waals surface area contributed by atoms with Crippen molar-refractivity contribution in [3.05, 3.63) is 65.7 Å². The quantitative estimate of drug-likeness (QED) is 0.796. The molecule has 0 radical (unpaired) electrons. The Morgan fingerprint density at radius 3 is 2.17 bits per heavy atom. The van der Waals surface area contributed by atoms with Crippen LogP contribution in [0.2, 0.25) is 0 Å². The molecular weight excluding hydrogens is 246 g/mol. The lowest BCUT2D eigenvalue weighted by atomic mass is 10.2. The van der Waals surface area contributed by atoms with Crippen molar-refractivity contribution in [2.45, 2.75) is 11.8 Å². The van der Waals surface area contributed by atoms with Crippen molar-refractivity contribution in [1.29, 1.82) is 0 Å². The molecule has 0 aromatic heterocycles. The first-order valence-electron chi connectivity index (χ1n) is 5.50. The standard InChI is InChI=1S/C14H13NO2S/c1-12-7-9-14(10-8-12)18(16,17)15-11-13-5-3-2-4-6-13/h2-11H,1H3/b15-11+. The normalized spacial score (nSPS) is 11.8. The van der Waals surface area contributed by atoms with E-state index in [4.69, 9.17) is 0 Å². The van der Waals surface area contributed by atoms with Gasteiger partial charge in [-0.05, 0) is 24.6 Å². The van der Waals surface area contributed by atoms with Gasteiger partial charge in [-0.3, -0.25) is 0 Å². The zero-order valence-corrected chi connectivity index (χ0v) is 10.8. The molecule has 18 heavy (non-hydrogen) atoms. The van der Waals surface area contributed by atoms with Gasteiger partial charge in [-0.2, -0.15) is 12.8 Å². The summed E-state index contributed by atoms with van der Waals surface area (Å²) >= 11 is 0. The van der Waals surface area contributed by atoms with Gasteiger partial charge in [-0.1, -0.05) is 48.0 Å². The van der Waals surface area contributed by atoms with Gasteiger partial charge in [0.25, 0.3) is 10.0 Å². The van der Waals surface area contributed by atoms with Gasteiger partial charge in [0.2, 0.25) is 0 Å². The lowest BCUT2D eigenvalue weighted by molar-refractivity contribution is 0.598. The summed E-state index contributed by atoms with van der Waals surface area (Å²) in [6.45, 7) is 1.91. The van der Waals surface area contributed by atoms with Crippen molar-refractivity contribution in [2.75, 3.05) is 0 Å². The van der Waals surface area contributed by atoms with Crippen LogP contribution in [0.4, 0.5) is 0 Å². The first-order chi connectivity index (χ1) is 8.58. The molecule has 2 aromatic rings. The molecule has 2 rings (SSSR count). The highest BCUT2D eigenvalue weighted by molar-refractivity contribution is 7.90. The Bertz CT molecular complexity index is 644. The van der Waals surface area contributed by atoms with Gasteiger partial charge < -0.3 is 0 Å². The average Bonchev–Trinajstić information content (AvgIpc) is 2.38. The minimum atomic E-state index is -3.61. The van der Waals surface area contributed by atoms with Crippen molar-refractivity contribution in [2.24, 2.45) is 4.40 Å². The van der Waals surface area contributed by atoms with Crippen LogP contribution in [-0.4, -0.2) is 14.6 Å². The molecule has 0 unspecified atom stereocenters. The third-order valence-corrected chi connectivity index (χ3v) is 3.71. The first kappa shape index (κ1) is 12.5. The van der Waals surface area contributed by atoms with Crippen LogP contribution in [0.1, 0.15) is 11.1 Å². The maximum Gasteiger partial charge on any atom is 0.282 e. The van der Waals surface area contributed by atoms with E-state index in [2.05, 4.69) is 4.40 Å². The Morgan fingerprint density at radius 2 is 1.56 bits per heavy atom. The molecule has 0 aliphatic rings. The second-order valence-corrected chi connectivity index (χ2v) is 5.57. The highest BCUT2D eigenvalue weighted by atomic mass is 32.2. The highest BCUT2D eigenvalue weighted by Gasteiger charge is 2.10. The molecule has 3 nitrogen and oxygen atoms in total. The van der Waals surface area contributed by atoms with Gasteiger partial charge in [-0.25, -0.2) is 0 Å². The van der Waals surface area contributed by atoms with Gasteiger partial charge in [0.05, 0.1) is 4.90 Å². The van der Waals surface area contributed by atoms with Crippen LogP contribution in [-0.2, 0) is 10.0 Å². The van der Waals surface area contributed by atoms with Crippen molar-refractivity contribution in [3.63, 3.8) is 0 Å². The number of hydrogen-bond donors (Lipinski definition) is 0. The van der Waals surface area contributed by atoms with Crippen LogP contribution in [0.5, 0.6) is 0 Å². The molecule has 2 aromatic carbocycles. The first-order valence-corrected chi connectivity index (χ1v) is 6.94. The molecule has 0 aliphatic heterocycles. The summed E-state index contributed by atoms with van der Waals surface area (Å²) < 4.78 is 27.5. The zero-order valence-electron chi connectivity index (χ0n) is 9.95. The number of hydrogen-bond acceptors (Lipinski definition) is 2. The van der Waals surface area contributed by atoms with E-state index in [0.717, 1.165) is 11.1 Å². The van der Waals surface area contributed by atoms with Crippen molar-refractivity contribution < 1.29 is 8.42 Å². The Hall–Kier alpha value is -1.94. The van der Waals surface area contributed by atoms with Gasteiger partial charge in [0.15, 0.2) is 0 Å². The van der Waals surface area contributed by atoms with Crippen LogP contribution < -0.4 is 0 Å². The van der Waals surface area contributed by atoms with E-state index in [9.17, 15) is 8.42 Å². The number of sulfonamides is 1. The number of aryl methyl sites for hydroxylation is 1. The predicted molar refractivity (Wildman–Crippen MR) is 72.4 cm³/mol. The minimum absolute atomic E-state index is 0.209. The van der Waals surface area contributed by atoms with E-state index in [1.54, 1.807) is 36.4 Å². The number of rotatable bonds is 3. The fourth-order valence-corrected chi connectivity index (χ4v) is 2.30.